The molecule has 234 valence electrons. The number of carbonyl (C=O) groups is 1. The first-order valence-electron chi connectivity index (χ1n) is 17.0. The summed E-state index contributed by atoms with van der Waals surface area (Å²) >= 11 is 1.85. The number of ketones is 1. The molecule has 0 aromatic heterocycles. The second-order valence-corrected chi connectivity index (χ2v) is 12.4. The number of unbranched alkanes of at least 4 members (excludes halogenated alkanes) is 16. The van der Waals surface area contributed by atoms with Gasteiger partial charge >= 0.3 is 0 Å². The van der Waals surface area contributed by atoms with Gasteiger partial charge in [0.25, 0.3) is 0 Å². The molecule has 0 fully saturated rings. The van der Waals surface area contributed by atoms with Crippen LogP contribution in [0, 0.1) is 0 Å². The van der Waals surface area contributed by atoms with Crippen LogP contribution in [0.15, 0.2) is 53.4 Å². The number of carbonyl (C=O) groups excluding carboxylic acids is 1. The molecule has 2 aromatic carbocycles. The van der Waals surface area contributed by atoms with Gasteiger partial charge in [0.15, 0.2) is 17.3 Å². The molecule has 42 heavy (non-hydrogen) atoms. The van der Waals surface area contributed by atoms with E-state index in [1.165, 1.54) is 109 Å². The Balaban J connectivity index is 1.65. The molecule has 2 rings (SSSR count). The molecule has 0 spiro atoms. The zero-order valence-electron chi connectivity index (χ0n) is 27.0. The van der Waals surface area contributed by atoms with Crippen LogP contribution in [0.3, 0.4) is 0 Å². The Bertz CT molecular complexity index is 985. The fourth-order valence-corrected chi connectivity index (χ4v) is 6.27. The molecule has 0 saturated carbocycles. The van der Waals surface area contributed by atoms with Crippen molar-refractivity contribution in [3.63, 3.8) is 0 Å². The predicted octanol–water partition coefficient (Wildman–Crippen LogP) is 12.1. The second kappa shape index (κ2) is 24.3. The molecule has 3 nitrogen and oxygen atoms in total. The van der Waals surface area contributed by atoms with Gasteiger partial charge in [0, 0.05) is 11.1 Å². The Morgan fingerprint density at radius 2 is 1.12 bits per heavy atom. The summed E-state index contributed by atoms with van der Waals surface area (Å²) in [7, 11) is 0. The molecule has 2 aromatic rings. The van der Waals surface area contributed by atoms with E-state index in [0.29, 0.717) is 18.8 Å². The largest absolute Gasteiger partial charge is 0.489 e. The fraction of sp³-hybridized carbons (Fsp3) is 0.605. The van der Waals surface area contributed by atoms with Crippen molar-refractivity contribution in [3.05, 3.63) is 59.7 Å². The lowest BCUT2D eigenvalue weighted by Crippen LogP contribution is -2.02. The first-order chi connectivity index (χ1) is 20.7. The van der Waals surface area contributed by atoms with E-state index in [2.05, 4.69) is 13.0 Å². The van der Waals surface area contributed by atoms with E-state index in [4.69, 9.17) is 9.47 Å². The van der Waals surface area contributed by atoms with Crippen molar-refractivity contribution in [2.24, 2.45) is 0 Å². The third kappa shape index (κ3) is 15.3. The maximum absolute atomic E-state index is 12.6. The molecular formula is C38H58O3S. The zero-order chi connectivity index (χ0) is 30.1. The van der Waals surface area contributed by atoms with E-state index in [0.717, 1.165) is 27.7 Å². The van der Waals surface area contributed by atoms with Crippen molar-refractivity contribution in [3.8, 4) is 11.5 Å². The van der Waals surface area contributed by atoms with Gasteiger partial charge in [-0.05, 0) is 50.3 Å². The van der Waals surface area contributed by atoms with Gasteiger partial charge in [0.05, 0.1) is 18.1 Å². The van der Waals surface area contributed by atoms with Gasteiger partial charge in [-0.15, -0.1) is 11.8 Å². The highest BCUT2D eigenvalue weighted by atomic mass is 32.2. The number of allylic oxidation sites excluding steroid dienone is 1. The molecule has 0 bridgehead atoms. The summed E-state index contributed by atoms with van der Waals surface area (Å²) in [4.78, 5) is 13.7. The van der Waals surface area contributed by atoms with Crippen LogP contribution >= 0.6 is 11.8 Å². The smallest absolute Gasteiger partial charge is 0.185 e. The monoisotopic (exact) mass is 594 g/mol. The lowest BCUT2D eigenvalue weighted by atomic mass is 10.0. The lowest BCUT2D eigenvalue weighted by Gasteiger charge is -2.17. The van der Waals surface area contributed by atoms with Gasteiger partial charge in [-0.1, -0.05) is 140 Å². The van der Waals surface area contributed by atoms with E-state index in [9.17, 15) is 4.79 Å². The number of ether oxygens (including phenoxy) is 2. The van der Waals surface area contributed by atoms with Crippen LogP contribution in [0.1, 0.15) is 146 Å². The quantitative estimate of drug-likeness (QED) is 0.0470. The van der Waals surface area contributed by atoms with Crippen LogP contribution in [-0.2, 0) is 0 Å². The Morgan fingerprint density at radius 3 is 1.64 bits per heavy atom. The fourth-order valence-electron chi connectivity index (χ4n) is 5.25. The first-order valence-corrected chi connectivity index (χ1v) is 18.0. The van der Waals surface area contributed by atoms with Gasteiger partial charge in [0.2, 0.25) is 0 Å². The summed E-state index contributed by atoms with van der Waals surface area (Å²) in [6.45, 7) is 7.39. The third-order valence-electron chi connectivity index (χ3n) is 7.66. The van der Waals surface area contributed by atoms with Crippen LogP contribution in [0.25, 0.3) is 6.08 Å². The molecule has 4 heteroatoms. The first kappa shape index (κ1) is 36.0. The third-order valence-corrected chi connectivity index (χ3v) is 8.79. The highest BCUT2D eigenvalue weighted by molar-refractivity contribution is 7.99. The van der Waals surface area contributed by atoms with Crippen molar-refractivity contribution >= 4 is 23.6 Å². The molecule has 0 saturated heterocycles. The van der Waals surface area contributed by atoms with E-state index < -0.39 is 0 Å². The summed E-state index contributed by atoms with van der Waals surface area (Å²) in [6.07, 6.45) is 27.2. The van der Waals surface area contributed by atoms with E-state index in [-0.39, 0.29) is 5.78 Å². The Labute approximate surface area is 262 Å². The van der Waals surface area contributed by atoms with Crippen LogP contribution < -0.4 is 9.47 Å². The minimum atomic E-state index is -0.0201. The molecule has 0 radical (unpaired) electrons. The Kier molecular flexibility index (Phi) is 20.8. The Morgan fingerprint density at radius 1 is 0.619 bits per heavy atom. The van der Waals surface area contributed by atoms with E-state index in [1.807, 2.05) is 68.1 Å². The SMILES string of the molecule is CCCCCCCCCCCCCCCCCCCSc1ccc(C=CC(=O)c2ccccc2)c(OCC)c1OCC. The van der Waals surface area contributed by atoms with Crippen molar-refractivity contribution in [2.45, 2.75) is 135 Å². The number of hydrogen-bond donors (Lipinski definition) is 0. The van der Waals surface area contributed by atoms with E-state index in [1.54, 1.807) is 6.08 Å². The topological polar surface area (TPSA) is 35.5 Å². The maximum Gasteiger partial charge on any atom is 0.185 e. The predicted molar refractivity (Wildman–Crippen MR) is 183 cm³/mol. The van der Waals surface area contributed by atoms with Gasteiger partial charge in [-0.2, -0.15) is 0 Å². The molecule has 0 atom stereocenters. The number of hydrogen-bond acceptors (Lipinski definition) is 4. The van der Waals surface area contributed by atoms with Crippen molar-refractivity contribution in [2.75, 3.05) is 19.0 Å². The lowest BCUT2D eigenvalue weighted by molar-refractivity contribution is 0.104. The van der Waals surface area contributed by atoms with Crippen LogP contribution in [0.4, 0.5) is 0 Å². The number of rotatable bonds is 26. The zero-order valence-corrected chi connectivity index (χ0v) is 27.8. The normalized spacial score (nSPS) is 11.3. The van der Waals surface area contributed by atoms with Crippen LogP contribution in [-0.4, -0.2) is 24.7 Å². The molecule has 0 unspecified atom stereocenters. The van der Waals surface area contributed by atoms with Crippen LogP contribution in [0.5, 0.6) is 11.5 Å². The molecular weight excluding hydrogens is 536 g/mol. The highest BCUT2D eigenvalue weighted by Crippen LogP contribution is 2.41. The summed E-state index contributed by atoms with van der Waals surface area (Å²) in [6, 6.07) is 13.5. The molecule has 0 aliphatic carbocycles. The summed E-state index contributed by atoms with van der Waals surface area (Å²) in [5.74, 6) is 2.58. The van der Waals surface area contributed by atoms with E-state index >= 15 is 0 Å². The summed E-state index contributed by atoms with van der Waals surface area (Å²) in [5.41, 5.74) is 1.55. The molecule has 0 N–H and O–H groups in total. The highest BCUT2D eigenvalue weighted by Gasteiger charge is 2.16. The average Bonchev–Trinajstić information content (AvgIpc) is 3.01. The Hall–Kier alpha value is -2.20. The molecule has 0 aliphatic heterocycles. The van der Waals surface area contributed by atoms with Gasteiger partial charge in [0.1, 0.15) is 0 Å². The second-order valence-electron chi connectivity index (χ2n) is 11.2. The van der Waals surface area contributed by atoms with Crippen LogP contribution in [0.2, 0.25) is 0 Å². The summed E-state index contributed by atoms with van der Waals surface area (Å²) < 4.78 is 12.1. The minimum Gasteiger partial charge on any atom is -0.489 e. The van der Waals surface area contributed by atoms with Gasteiger partial charge < -0.3 is 9.47 Å². The van der Waals surface area contributed by atoms with Crippen molar-refractivity contribution in [1.29, 1.82) is 0 Å². The molecule has 0 heterocycles. The average molecular weight is 595 g/mol. The number of thioether (sulfide) groups is 1. The van der Waals surface area contributed by atoms with Crippen molar-refractivity contribution in [1.82, 2.24) is 0 Å². The number of benzene rings is 2. The summed E-state index contributed by atoms with van der Waals surface area (Å²) in [5, 5.41) is 0. The molecule has 0 aliphatic rings. The molecule has 0 amide bonds. The van der Waals surface area contributed by atoms with Gasteiger partial charge in [-0.3, -0.25) is 4.79 Å². The standard InChI is InChI=1S/C38H58O3S/c1-4-7-8-9-10-11-12-13-14-15-16-17-18-19-20-21-25-32-42-36-31-29-34(37(40-5-2)38(36)41-6-3)28-30-35(39)33-26-23-22-24-27-33/h22-24,26-31H,4-21,25,32H2,1-3H3. The van der Waals surface area contributed by atoms with Gasteiger partial charge in [-0.25, -0.2) is 0 Å². The van der Waals surface area contributed by atoms with Crippen molar-refractivity contribution < 1.29 is 14.3 Å². The maximum atomic E-state index is 12.6. The minimum absolute atomic E-state index is 0.0201.